The van der Waals surface area contributed by atoms with Crippen molar-refractivity contribution >= 4 is 150 Å². The molecule has 5 aromatic heterocycles. The van der Waals surface area contributed by atoms with E-state index < -0.39 is 40.4 Å². The Morgan fingerprint density at radius 1 is 0.425 bits per heavy atom. The topological polar surface area (TPSA) is 252 Å². The van der Waals surface area contributed by atoms with Crippen LogP contribution in [0.2, 0.25) is 20.6 Å². The molecule has 11 heterocycles. The fourth-order valence-electron chi connectivity index (χ4n) is 10.6. The molecule has 0 bridgehead atoms. The highest BCUT2D eigenvalue weighted by atomic mass is 79.9. The summed E-state index contributed by atoms with van der Waals surface area (Å²) < 4.78 is 98.9. The number of hydrogen-bond donors (Lipinski definition) is 3. The highest BCUT2D eigenvalue weighted by Gasteiger charge is 2.49. The normalized spacial score (nSPS) is 19.9. The van der Waals surface area contributed by atoms with Gasteiger partial charge in [0.15, 0.2) is 22.8 Å². The van der Waals surface area contributed by atoms with Crippen LogP contribution < -0.4 is 36.8 Å². The zero-order chi connectivity index (χ0) is 61.4. The number of nitrogens with two attached hydrogens (primary N) is 3. The lowest BCUT2D eigenvalue weighted by atomic mass is 9.81. The molecule has 87 heavy (non-hydrogen) atoms. The van der Waals surface area contributed by atoms with Gasteiger partial charge in [-0.3, -0.25) is 19.8 Å². The molecule has 3 spiro atoms. The molecule has 0 fully saturated rings. The summed E-state index contributed by atoms with van der Waals surface area (Å²) in [5.41, 5.74) is 18.0. The first-order valence-corrected chi connectivity index (χ1v) is 29.9. The SMILES string of the molecule is NC1=NC2(COC1)c1cc(Br)ccc1Oc1c2cc(Cl)nc1F.NC1=N[C@@]2(COC1)c1cc(Br)ccc1Oc1c2cc(Cl)nc1F.NC1=N[C@]2(COC1)c1cc(Br)ccc1Oc1c2cc(Cl)nc1F.O=c1c2cc(Br)ccc2oc2c(F)nc(Cl)cc12. The van der Waals surface area contributed by atoms with E-state index >= 15 is 0 Å². The minimum absolute atomic E-state index is 0.00808. The fourth-order valence-corrected chi connectivity index (χ4v) is 12.7. The van der Waals surface area contributed by atoms with Crippen LogP contribution in [0.4, 0.5) is 17.6 Å². The van der Waals surface area contributed by atoms with Gasteiger partial charge in [-0.2, -0.15) is 17.6 Å². The summed E-state index contributed by atoms with van der Waals surface area (Å²) in [5, 5.41) is 0.407. The average Bonchev–Trinajstić information content (AvgIpc) is 0.828. The number of benzene rings is 4. The number of amidine groups is 3. The number of rotatable bonds is 0. The molecule has 0 amide bonds. The third-order valence-electron chi connectivity index (χ3n) is 14.1. The van der Waals surface area contributed by atoms with Crippen molar-refractivity contribution in [1.82, 2.24) is 19.9 Å². The van der Waals surface area contributed by atoms with E-state index in [9.17, 15) is 22.4 Å². The van der Waals surface area contributed by atoms with E-state index in [0.717, 1.165) is 34.6 Å². The summed E-state index contributed by atoms with van der Waals surface area (Å²) in [7, 11) is 0. The van der Waals surface area contributed by atoms with Crippen LogP contribution in [0.1, 0.15) is 33.4 Å². The Kier molecular flexibility index (Phi) is 16.6. The van der Waals surface area contributed by atoms with E-state index in [1.54, 1.807) is 54.6 Å². The van der Waals surface area contributed by atoms with Crippen molar-refractivity contribution < 1.29 is 50.4 Å². The summed E-state index contributed by atoms with van der Waals surface area (Å²) in [6.45, 7) is 1.28. The maximum Gasteiger partial charge on any atom is 0.258 e. The van der Waals surface area contributed by atoms with Gasteiger partial charge in [-0.15, -0.1) is 0 Å². The highest BCUT2D eigenvalue weighted by Crippen LogP contribution is 2.55. The Labute approximate surface area is 541 Å². The van der Waals surface area contributed by atoms with Gasteiger partial charge in [0.05, 0.1) is 30.6 Å². The van der Waals surface area contributed by atoms with Gasteiger partial charge in [0, 0.05) is 51.3 Å². The minimum Gasteiger partial charge on any atom is -0.452 e. The molecule has 444 valence electrons. The minimum atomic E-state index is -1.01. The number of nitrogens with zero attached hydrogens (tertiary/aromatic N) is 7. The lowest BCUT2D eigenvalue weighted by molar-refractivity contribution is 0.109. The number of halogens is 12. The van der Waals surface area contributed by atoms with Gasteiger partial charge in [-0.1, -0.05) is 110 Å². The largest absolute Gasteiger partial charge is 0.452 e. The summed E-state index contributed by atoms with van der Waals surface area (Å²) >= 11 is 37.0. The van der Waals surface area contributed by atoms with E-state index in [1.807, 2.05) is 18.2 Å². The van der Waals surface area contributed by atoms with Crippen molar-refractivity contribution in [2.45, 2.75) is 16.6 Å². The number of pyridine rings is 4. The zero-order valence-electron chi connectivity index (χ0n) is 43.6. The van der Waals surface area contributed by atoms with Gasteiger partial charge in [0.1, 0.15) is 97.4 Å². The van der Waals surface area contributed by atoms with Crippen molar-refractivity contribution in [3.05, 3.63) is 203 Å². The van der Waals surface area contributed by atoms with Gasteiger partial charge in [-0.25, -0.2) is 19.9 Å². The summed E-state index contributed by atoms with van der Waals surface area (Å²) in [5.74, 6) is -0.889. The standard InChI is InChI=1S/3C15H10BrClFN3O2.C12H4BrClFNO2/c3*16-7-1-2-10-8(3-7)15(6-22-5-12(19)21-15)9-4-11(17)20-14(18)13(9)23-10;13-5-1-2-8-6(3-5)10(17)7-4-9(14)16-12(15)11(7)18-8/h3*1-4H,5-6H2,(H2,19,21);1-4H/t2*15-;;/m10../s1. The van der Waals surface area contributed by atoms with Gasteiger partial charge in [0.2, 0.25) is 5.43 Å². The molecular formula is C57H34Br4Cl4F4N10O8. The molecule has 15 rings (SSSR count). The van der Waals surface area contributed by atoms with Crippen LogP contribution in [0, 0.1) is 23.8 Å². The first kappa shape index (κ1) is 60.7. The molecule has 0 aliphatic carbocycles. The number of aliphatic imine (C=N–C) groups is 3. The number of hydrogen-bond acceptors (Lipinski definition) is 18. The van der Waals surface area contributed by atoms with E-state index in [-0.39, 0.29) is 93.9 Å². The van der Waals surface area contributed by atoms with Crippen LogP contribution in [0.5, 0.6) is 34.5 Å². The van der Waals surface area contributed by atoms with Gasteiger partial charge < -0.3 is 50.0 Å². The maximum absolute atomic E-state index is 14.3. The lowest BCUT2D eigenvalue weighted by Gasteiger charge is -2.39. The molecular weight excluding hydrogens is 1490 g/mol. The molecule has 18 nitrogen and oxygen atoms in total. The van der Waals surface area contributed by atoms with Crippen LogP contribution in [-0.4, -0.2) is 77.1 Å². The Morgan fingerprint density at radius 2 is 0.759 bits per heavy atom. The molecule has 0 saturated heterocycles. The Bertz CT molecular complexity index is 4230. The monoisotopic (exact) mass is 1520 g/mol. The molecule has 0 radical (unpaired) electrons. The predicted octanol–water partition coefficient (Wildman–Crippen LogP) is 14.0. The van der Waals surface area contributed by atoms with Crippen molar-refractivity contribution in [2.75, 3.05) is 39.6 Å². The van der Waals surface area contributed by atoms with Crippen molar-refractivity contribution in [3.8, 4) is 34.5 Å². The van der Waals surface area contributed by atoms with Gasteiger partial charge >= 0.3 is 0 Å². The number of fused-ring (bicyclic) bond motifs is 14. The molecule has 6 aliphatic heterocycles. The van der Waals surface area contributed by atoms with E-state index in [0.29, 0.717) is 62.4 Å². The lowest BCUT2D eigenvalue weighted by Crippen LogP contribution is -2.42. The van der Waals surface area contributed by atoms with Crippen LogP contribution in [0.15, 0.2) is 139 Å². The first-order valence-electron chi connectivity index (χ1n) is 25.2. The molecule has 1 unspecified atom stereocenters. The summed E-state index contributed by atoms with van der Waals surface area (Å²) in [4.78, 5) is 40.3. The molecule has 9 aromatic rings. The van der Waals surface area contributed by atoms with Gasteiger partial charge in [-0.05, 0) is 97.1 Å². The second-order valence-electron chi connectivity index (χ2n) is 19.6. The second-order valence-corrected chi connectivity index (χ2v) is 24.8. The van der Waals surface area contributed by atoms with Crippen LogP contribution >= 0.6 is 110 Å². The van der Waals surface area contributed by atoms with E-state index in [1.165, 1.54) is 24.3 Å². The highest BCUT2D eigenvalue weighted by molar-refractivity contribution is 9.11. The van der Waals surface area contributed by atoms with Crippen molar-refractivity contribution in [3.63, 3.8) is 0 Å². The third kappa shape index (κ3) is 11.3. The smallest absolute Gasteiger partial charge is 0.258 e. The summed E-state index contributed by atoms with van der Waals surface area (Å²) in [6.07, 6.45) is 0. The van der Waals surface area contributed by atoms with E-state index in [4.69, 9.17) is 96.4 Å². The van der Waals surface area contributed by atoms with E-state index in [2.05, 4.69) is 98.6 Å². The quantitative estimate of drug-likeness (QED) is 0.0725. The van der Waals surface area contributed by atoms with Crippen LogP contribution in [0.25, 0.3) is 21.9 Å². The maximum atomic E-state index is 14.3. The summed E-state index contributed by atoms with van der Waals surface area (Å²) in [6, 6.07) is 27.0. The number of ether oxygens (including phenoxy) is 6. The molecule has 30 heteroatoms. The molecule has 6 aliphatic rings. The fraction of sp³-hybridized carbons (Fsp3) is 0.158. The zero-order valence-corrected chi connectivity index (χ0v) is 53.0. The van der Waals surface area contributed by atoms with Crippen molar-refractivity contribution in [2.24, 2.45) is 32.2 Å². The third-order valence-corrected chi connectivity index (χ3v) is 16.8. The predicted molar refractivity (Wildman–Crippen MR) is 330 cm³/mol. The molecule has 0 saturated carbocycles. The van der Waals surface area contributed by atoms with Gasteiger partial charge in [0.25, 0.3) is 23.8 Å². The Balaban J connectivity index is 0.000000114. The second kappa shape index (κ2) is 23.8. The Morgan fingerprint density at radius 3 is 1.13 bits per heavy atom. The van der Waals surface area contributed by atoms with Crippen LogP contribution in [0.3, 0.4) is 0 Å². The van der Waals surface area contributed by atoms with Crippen molar-refractivity contribution in [1.29, 1.82) is 0 Å². The van der Waals surface area contributed by atoms with Crippen LogP contribution in [-0.2, 0) is 30.8 Å². The number of aromatic nitrogens is 4. The Hall–Kier alpha value is -6.56. The first-order chi connectivity index (χ1) is 41.5. The molecule has 4 aromatic carbocycles. The molecule has 3 atom stereocenters. The average molecular weight is 1520 g/mol. The molecule has 6 N–H and O–H groups in total.